The van der Waals surface area contributed by atoms with Crippen LogP contribution in [0.3, 0.4) is 0 Å². The number of aliphatic carboxylic acids is 2. The van der Waals surface area contributed by atoms with Crippen molar-refractivity contribution in [2.24, 2.45) is 0 Å². The normalized spacial score (nSPS) is 6.17. The number of nitrogens with zero attached hydrogens (tertiary/aromatic N) is 1. The molecule has 12 heavy (non-hydrogen) atoms. The van der Waals surface area contributed by atoms with Crippen molar-refractivity contribution in [1.82, 2.24) is 0 Å². The van der Waals surface area contributed by atoms with Gasteiger partial charge in [-0.15, -0.1) is 10.1 Å². The van der Waals surface area contributed by atoms with Crippen LogP contribution in [0.5, 0.6) is 0 Å². The number of rotatable bonds is 0. The Morgan fingerprint density at radius 2 is 1.17 bits per heavy atom. The summed E-state index contributed by atoms with van der Waals surface area (Å²) < 4.78 is 0. The average molecular weight is 183 g/mol. The van der Waals surface area contributed by atoms with E-state index in [1.807, 2.05) is 0 Å². The summed E-state index contributed by atoms with van der Waals surface area (Å²) in [6.45, 7) is 2.17. The SMILES string of the molecule is CC(=O)O.CC(=O)O.O=[N+]([O-])O. The van der Waals surface area contributed by atoms with E-state index in [0.29, 0.717) is 0 Å². The zero-order valence-corrected chi connectivity index (χ0v) is 6.42. The lowest BCUT2D eigenvalue weighted by Gasteiger charge is -1.59. The van der Waals surface area contributed by atoms with Crippen LogP contribution in [0, 0.1) is 10.1 Å². The van der Waals surface area contributed by atoms with E-state index in [1.165, 1.54) is 0 Å². The molecule has 0 fully saturated rings. The summed E-state index contributed by atoms with van der Waals surface area (Å²) >= 11 is 0. The third-order valence-corrected chi connectivity index (χ3v) is 0. The smallest absolute Gasteiger partial charge is 0.300 e. The van der Waals surface area contributed by atoms with Crippen LogP contribution in [0.4, 0.5) is 0 Å². The molecule has 0 radical (unpaired) electrons. The van der Waals surface area contributed by atoms with E-state index in [0.717, 1.165) is 13.8 Å². The lowest BCUT2D eigenvalue weighted by atomic mass is 10.9. The Morgan fingerprint density at radius 3 is 1.17 bits per heavy atom. The lowest BCUT2D eigenvalue weighted by molar-refractivity contribution is -0.742. The highest BCUT2D eigenvalue weighted by Gasteiger charge is 1.66. The van der Waals surface area contributed by atoms with Gasteiger partial charge in [0.05, 0.1) is 0 Å². The van der Waals surface area contributed by atoms with Crippen molar-refractivity contribution in [3.63, 3.8) is 0 Å². The maximum Gasteiger partial charge on any atom is 0.300 e. The summed E-state index contributed by atoms with van der Waals surface area (Å²) in [4.78, 5) is 26.4. The summed E-state index contributed by atoms with van der Waals surface area (Å²) in [6.07, 6.45) is 0. The molecule has 0 aromatic heterocycles. The Balaban J connectivity index is -0.000000101. The topological polar surface area (TPSA) is 138 Å². The van der Waals surface area contributed by atoms with E-state index in [1.54, 1.807) is 0 Å². The molecular weight excluding hydrogens is 174 g/mol. The fraction of sp³-hybridized carbons (Fsp3) is 0.500. The van der Waals surface area contributed by atoms with E-state index in [-0.39, 0.29) is 0 Å². The van der Waals surface area contributed by atoms with Gasteiger partial charge in [-0.3, -0.25) is 9.59 Å². The molecule has 0 aliphatic carbocycles. The molecule has 0 aliphatic rings. The highest BCUT2D eigenvalue weighted by Crippen LogP contribution is 1.42. The minimum atomic E-state index is -1.50. The van der Waals surface area contributed by atoms with Gasteiger partial charge in [-0.05, 0) is 0 Å². The second-order valence-electron chi connectivity index (χ2n) is 1.28. The van der Waals surface area contributed by atoms with Gasteiger partial charge in [0.25, 0.3) is 17.0 Å². The first-order chi connectivity index (χ1) is 5.20. The molecule has 0 aromatic rings. The van der Waals surface area contributed by atoms with Crippen molar-refractivity contribution in [3.8, 4) is 0 Å². The largest absolute Gasteiger partial charge is 0.481 e. The minimum absolute atomic E-state index is 0.833. The molecule has 8 nitrogen and oxygen atoms in total. The van der Waals surface area contributed by atoms with Gasteiger partial charge in [0.2, 0.25) is 0 Å². The van der Waals surface area contributed by atoms with Gasteiger partial charge in [0.15, 0.2) is 0 Å². The lowest BCUT2D eigenvalue weighted by Crippen LogP contribution is -1.81. The highest BCUT2D eigenvalue weighted by molar-refractivity contribution is 5.63. The number of hydrogen-bond donors (Lipinski definition) is 3. The molecule has 0 saturated carbocycles. The molecule has 0 aromatic carbocycles. The molecule has 3 N–H and O–H groups in total. The first-order valence-electron chi connectivity index (χ1n) is 2.42. The number of carboxylic acid groups (broad SMARTS) is 2. The van der Waals surface area contributed by atoms with Crippen molar-refractivity contribution >= 4 is 11.9 Å². The van der Waals surface area contributed by atoms with Crippen molar-refractivity contribution < 1.29 is 30.1 Å². The van der Waals surface area contributed by atoms with Gasteiger partial charge in [-0.25, -0.2) is 0 Å². The van der Waals surface area contributed by atoms with Gasteiger partial charge in [-0.1, -0.05) is 0 Å². The Morgan fingerprint density at radius 1 is 1.17 bits per heavy atom. The minimum Gasteiger partial charge on any atom is -0.481 e. The average Bonchev–Trinajstić information content (AvgIpc) is 1.54. The third kappa shape index (κ3) is 120. The highest BCUT2D eigenvalue weighted by atomic mass is 16.9. The standard InChI is InChI=1S/2C2H4O2.HNO3/c2*1-2(3)4;2-1(3)4/h2*1H3,(H,3,4);(H,2,3,4). The van der Waals surface area contributed by atoms with Gasteiger partial charge < -0.3 is 15.4 Å². The second-order valence-corrected chi connectivity index (χ2v) is 1.28. The van der Waals surface area contributed by atoms with Gasteiger partial charge in [-0.2, -0.15) is 0 Å². The summed E-state index contributed by atoms with van der Waals surface area (Å²) in [5, 5.41) is 28.5. The molecule has 0 saturated heterocycles. The van der Waals surface area contributed by atoms with Crippen LogP contribution >= 0.6 is 0 Å². The molecule has 0 amide bonds. The summed E-state index contributed by atoms with van der Waals surface area (Å²) in [6, 6.07) is 0. The van der Waals surface area contributed by atoms with Gasteiger partial charge in [0.1, 0.15) is 0 Å². The predicted molar refractivity (Wildman–Crippen MR) is 35.4 cm³/mol. The summed E-state index contributed by atoms with van der Waals surface area (Å²) in [5.41, 5.74) is 0. The molecule has 0 atom stereocenters. The maximum atomic E-state index is 9.00. The molecule has 0 unspecified atom stereocenters. The Hall–Kier alpha value is -1.86. The van der Waals surface area contributed by atoms with Crippen molar-refractivity contribution in [2.45, 2.75) is 13.8 Å². The number of carboxylic acids is 2. The van der Waals surface area contributed by atoms with E-state index in [2.05, 4.69) is 0 Å². The van der Waals surface area contributed by atoms with E-state index in [9.17, 15) is 0 Å². The Bertz CT molecular complexity index is 113. The molecular formula is C4H9NO7. The fourth-order valence-corrected chi connectivity index (χ4v) is 0. The molecule has 0 rings (SSSR count). The van der Waals surface area contributed by atoms with Gasteiger partial charge in [0, 0.05) is 13.8 Å². The third-order valence-electron chi connectivity index (χ3n) is 0. The van der Waals surface area contributed by atoms with Crippen molar-refractivity contribution in [2.75, 3.05) is 0 Å². The zero-order chi connectivity index (χ0) is 10.7. The van der Waals surface area contributed by atoms with Gasteiger partial charge >= 0.3 is 0 Å². The van der Waals surface area contributed by atoms with E-state index >= 15 is 0 Å². The molecule has 8 heteroatoms. The Labute approximate surface area is 67.2 Å². The predicted octanol–water partition coefficient (Wildman–Crippen LogP) is -0.166. The van der Waals surface area contributed by atoms with Crippen LogP contribution in [0.2, 0.25) is 0 Å². The molecule has 0 bridgehead atoms. The quantitative estimate of drug-likeness (QED) is 0.350. The second kappa shape index (κ2) is 11.9. The van der Waals surface area contributed by atoms with Crippen LogP contribution in [0.15, 0.2) is 0 Å². The molecule has 0 heterocycles. The molecule has 0 spiro atoms. The van der Waals surface area contributed by atoms with Crippen molar-refractivity contribution in [3.05, 3.63) is 10.1 Å². The first kappa shape index (κ1) is 16.6. The number of hydrogen-bond acceptors (Lipinski definition) is 4. The first-order valence-corrected chi connectivity index (χ1v) is 2.42. The summed E-state index contributed by atoms with van der Waals surface area (Å²) in [5.74, 6) is -1.67. The number of carbonyl (C=O) groups is 2. The monoisotopic (exact) mass is 183 g/mol. The summed E-state index contributed by atoms with van der Waals surface area (Å²) in [7, 11) is 0. The zero-order valence-electron chi connectivity index (χ0n) is 6.42. The van der Waals surface area contributed by atoms with Crippen molar-refractivity contribution in [1.29, 1.82) is 0 Å². The molecule has 0 aliphatic heterocycles. The fourth-order valence-electron chi connectivity index (χ4n) is 0. The van der Waals surface area contributed by atoms with Crippen LogP contribution < -0.4 is 0 Å². The van der Waals surface area contributed by atoms with Crippen LogP contribution in [0.25, 0.3) is 0 Å². The Kier molecular flexibility index (Phi) is 16.4. The van der Waals surface area contributed by atoms with E-state index < -0.39 is 17.0 Å². The van der Waals surface area contributed by atoms with Crippen LogP contribution in [-0.4, -0.2) is 32.4 Å². The van der Waals surface area contributed by atoms with Crippen LogP contribution in [0.1, 0.15) is 13.8 Å². The molecule has 72 valence electrons. The van der Waals surface area contributed by atoms with Crippen LogP contribution in [-0.2, 0) is 9.59 Å². The maximum absolute atomic E-state index is 9.00. The van der Waals surface area contributed by atoms with E-state index in [4.69, 9.17) is 35.1 Å².